The second-order valence-corrected chi connectivity index (χ2v) is 3.60. The quantitative estimate of drug-likeness (QED) is 0.723. The summed E-state index contributed by atoms with van der Waals surface area (Å²) in [6.45, 7) is 1.79. The minimum Gasteiger partial charge on any atom is -0.465 e. The summed E-state index contributed by atoms with van der Waals surface area (Å²) in [5.41, 5.74) is 1.63. The van der Waals surface area contributed by atoms with Gasteiger partial charge >= 0.3 is 5.97 Å². The summed E-state index contributed by atoms with van der Waals surface area (Å²) in [5.74, 6) is -0.425. The second kappa shape index (κ2) is 4.25. The average molecular weight is 254 g/mol. The monoisotopic (exact) mass is 253 g/mol. The fourth-order valence-electron chi connectivity index (χ4n) is 1.09. The molecule has 0 amide bonds. The van der Waals surface area contributed by atoms with Gasteiger partial charge in [0.05, 0.1) is 18.2 Å². The number of nitriles is 1. The van der Waals surface area contributed by atoms with Crippen molar-refractivity contribution in [2.24, 2.45) is 0 Å². The first-order chi connectivity index (χ1) is 6.60. The van der Waals surface area contributed by atoms with Gasteiger partial charge in [-0.15, -0.1) is 0 Å². The van der Waals surface area contributed by atoms with E-state index in [0.29, 0.717) is 15.6 Å². The maximum Gasteiger partial charge on any atom is 0.338 e. The number of methoxy groups -OCH3 is 1. The van der Waals surface area contributed by atoms with Gasteiger partial charge in [-0.1, -0.05) is 0 Å². The first-order valence-electron chi connectivity index (χ1n) is 3.88. The third kappa shape index (κ3) is 1.94. The van der Waals surface area contributed by atoms with Crippen LogP contribution in [0, 0.1) is 18.3 Å². The fraction of sp³-hybridized carbons (Fsp3) is 0.200. The number of esters is 1. The third-order valence-electron chi connectivity index (χ3n) is 1.84. The molecule has 3 nitrogen and oxygen atoms in total. The Kier molecular flexibility index (Phi) is 3.26. The van der Waals surface area contributed by atoms with E-state index in [1.54, 1.807) is 13.0 Å². The highest BCUT2D eigenvalue weighted by molar-refractivity contribution is 9.10. The molecule has 1 rings (SSSR count). The molecular weight excluding hydrogens is 246 g/mol. The van der Waals surface area contributed by atoms with Crippen LogP contribution < -0.4 is 0 Å². The molecule has 0 N–H and O–H groups in total. The molecule has 0 aliphatic rings. The number of benzene rings is 1. The Bertz CT molecular complexity index is 421. The van der Waals surface area contributed by atoms with Crippen LogP contribution in [0.15, 0.2) is 16.6 Å². The minimum atomic E-state index is -0.425. The van der Waals surface area contributed by atoms with Crippen LogP contribution >= 0.6 is 15.9 Å². The molecule has 0 aliphatic heterocycles. The van der Waals surface area contributed by atoms with Crippen LogP contribution in [0.4, 0.5) is 0 Å². The molecule has 0 atom stereocenters. The number of aryl methyl sites for hydroxylation is 1. The molecule has 1 aromatic carbocycles. The molecule has 4 heteroatoms. The molecule has 0 heterocycles. The van der Waals surface area contributed by atoms with Crippen molar-refractivity contribution < 1.29 is 9.53 Å². The number of hydrogen-bond acceptors (Lipinski definition) is 3. The molecule has 0 aromatic heterocycles. The van der Waals surface area contributed by atoms with Gasteiger partial charge in [0.15, 0.2) is 0 Å². The zero-order chi connectivity index (χ0) is 10.7. The second-order valence-electron chi connectivity index (χ2n) is 2.75. The van der Waals surface area contributed by atoms with Gasteiger partial charge in [-0.3, -0.25) is 0 Å². The van der Waals surface area contributed by atoms with Crippen LogP contribution in [0.5, 0.6) is 0 Å². The van der Waals surface area contributed by atoms with Gasteiger partial charge in [0.2, 0.25) is 0 Å². The lowest BCUT2D eigenvalue weighted by Crippen LogP contribution is -2.04. The van der Waals surface area contributed by atoms with Crippen molar-refractivity contribution in [3.8, 4) is 6.07 Å². The fourth-order valence-corrected chi connectivity index (χ4v) is 1.63. The molecule has 14 heavy (non-hydrogen) atoms. The molecule has 0 aliphatic carbocycles. The summed E-state index contributed by atoms with van der Waals surface area (Å²) >= 11 is 3.24. The first kappa shape index (κ1) is 10.7. The van der Waals surface area contributed by atoms with E-state index in [2.05, 4.69) is 20.7 Å². The van der Waals surface area contributed by atoms with E-state index < -0.39 is 5.97 Å². The van der Waals surface area contributed by atoms with Crippen LogP contribution in [0.2, 0.25) is 0 Å². The van der Waals surface area contributed by atoms with E-state index in [1.165, 1.54) is 13.2 Å². The maximum absolute atomic E-state index is 11.3. The molecule has 0 spiro atoms. The summed E-state index contributed by atoms with van der Waals surface area (Å²) in [6, 6.07) is 5.23. The number of carbonyl (C=O) groups is 1. The minimum absolute atomic E-state index is 0.423. The van der Waals surface area contributed by atoms with E-state index >= 15 is 0 Å². The highest BCUT2D eigenvalue weighted by Gasteiger charge is 2.12. The highest BCUT2D eigenvalue weighted by atomic mass is 79.9. The maximum atomic E-state index is 11.3. The molecule has 0 fully saturated rings. The van der Waals surface area contributed by atoms with Crippen molar-refractivity contribution in [3.05, 3.63) is 33.3 Å². The summed E-state index contributed by atoms with van der Waals surface area (Å²) in [7, 11) is 1.32. The van der Waals surface area contributed by atoms with Gasteiger partial charge in [0.1, 0.15) is 6.07 Å². The number of rotatable bonds is 1. The number of ether oxygens (including phenoxy) is 1. The topological polar surface area (TPSA) is 50.1 Å². The number of hydrogen-bond donors (Lipinski definition) is 0. The third-order valence-corrected chi connectivity index (χ3v) is 2.50. The van der Waals surface area contributed by atoms with Gasteiger partial charge in [0.25, 0.3) is 0 Å². The molecular formula is C10H8BrNO2. The van der Waals surface area contributed by atoms with Crippen LogP contribution in [0.3, 0.4) is 0 Å². The molecule has 72 valence electrons. The van der Waals surface area contributed by atoms with Crippen LogP contribution in [-0.4, -0.2) is 13.1 Å². The van der Waals surface area contributed by atoms with E-state index in [-0.39, 0.29) is 0 Å². The predicted octanol–water partition coefficient (Wildman–Crippen LogP) is 2.42. The van der Waals surface area contributed by atoms with Gasteiger partial charge in [-0.25, -0.2) is 4.79 Å². The van der Waals surface area contributed by atoms with E-state index in [1.807, 2.05) is 6.07 Å². The molecule has 0 radical (unpaired) electrons. The van der Waals surface area contributed by atoms with Gasteiger partial charge in [-0.2, -0.15) is 5.26 Å². The lowest BCUT2D eigenvalue weighted by Gasteiger charge is -2.05. The molecule has 0 saturated heterocycles. The Labute approximate surface area is 90.4 Å². The van der Waals surface area contributed by atoms with Crippen LogP contribution in [0.25, 0.3) is 0 Å². The zero-order valence-electron chi connectivity index (χ0n) is 7.80. The van der Waals surface area contributed by atoms with Crippen LogP contribution in [0.1, 0.15) is 21.5 Å². The Balaban J connectivity index is 3.33. The molecule has 1 aromatic rings. The number of nitrogens with zero attached hydrogens (tertiary/aromatic N) is 1. The lowest BCUT2D eigenvalue weighted by molar-refractivity contribution is 0.0600. The molecule has 0 saturated carbocycles. The number of halogens is 1. The molecule has 0 bridgehead atoms. The van der Waals surface area contributed by atoms with Crippen molar-refractivity contribution in [2.75, 3.05) is 7.11 Å². The van der Waals surface area contributed by atoms with Crippen molar-refractivity contribution in [2.45, 2.75) is 6.92 Å². The first-order valence-corrected chi connectivity index (χ1v) is 4.68. The smallest absolute Gasteiger partial charge is 0.338 e. The van der Waals surface area contributed by atoms with Gasteiger partial charge in [-0.05, 0) is 40.5 Å². The van der Waals surface area contributed by atoms with Crippen LogP contribution in [-0.2, 0) is 4.74 Å². The van der Waals surface area contributed by atoms with Gasteiger partial charge < -0.3 is 4.74 Å². The summed E-state index contributed by atoms with van der Waals surface area (Å²) in [5, 5.41) is 8.76. The Morgan fingerprint density at radius 3 is 2.71 bits per heavy atom. The largest absolute Gasteiger partial charge is 0.465 e. The van der Waals surface area contributed by atoms with E-state index in [0.717, 1.165) is 5.56 Å². The summed E-state index contributed by atoms with van der Waals surface area (Å²) in [4.78, 5) is 11.3. The Hall–Kier alpha value is -1.34. The van der Waals surface area contributed by atoms with Crippen molar-refractivity contribution in [1.29, 1.82) is 5.26 Å². The summed E-state index contributed by atoms with van der Waals surface area (Å²) in [6.07, 6.45) is 0. The Morgan fingerprint density at radius 2 is 2.21 bits per heavy atom. The summed E-state index contributed by atoms with van der Waals surface area (Å²) < 4.78 is 5.28. The lowest BCUT2D eigenvalue weighted by atomic mass is 10.1. The average Bonchev–Trinajstić information content (AvgIpc) is 2.17. The van der Waals surface area contributed by atoms with Crippen molar-refractivity contribution in [3.63, 3.8) is 0 Å². The Morgan fingerprint density at radius 1 is 1.57 bits per heavy atom. The van der Waals surface area contributed by atoms with Gasteiger partial charge in [0, 0.05) is 4.47 Å². The van der Waals surface area contributed by atoms with E-state index in [9.17, 15) is 4.79 Å². The van der Waals surface area contributed by atoms with E-state index in [4.69, 9.17) is 5.26 Å². The SMILES string of the molecule is COC(=O)c1cc(C#N)c(Br)cc1C. The normalized spacial score (nSPS) is 9.29. The number of carbonyl (C=O) groups excluding carboxylic acids is 1. The van der Waals surface area contributed by atoms with Crippen molar-refractivity contribution >= 4 is 21.9 Å². The zero-order valence-corrected chi connectivity index (χ0v) is 9.38. The molecule has 0 unspecified atom stereocenters. The standard InChI is InChI=1S/C10H8BrNO2/c1-6-3-9(11)7(5-12)4-8(6)10(13)14-2/h3-4H,1-2H3. The predicted molar refractivity (Wildman–Crippen MR) is 54.9 cm³/mol. The van der Waals surface area contributed by atoms with Crippen molar-refractivity contribution in [1.82, 2.24) is 0 Å². The highest BCUT2D eigenvalue weighted by Crippen LogP contribution is 2.21.